The number of benzene rings is 1. The van der Waals surface area contributed by atoms with E-state index in [1.165, 1.54) is 0 Å². The molecule has 0 saturated carbocycles. The predicted molar refractivity (Wildman–Crippen MR) is 117 cm³/mol. The number of hydrogen-bond donors (Lipinski definition) is 0. The Morgan fingerprint density at radius 1 is 0.595 bits per heavy atom. The van der Waals surface area contributed by atoms with E-state index < -0.39 is 81.7 Å². The fraction of sp³-hybridized carbons (Fsp3) is 0.619. The molecule has 2 nitrogen and oxygen atoms in total. The van der Waals surface area contributed by atoms with E-state index in [0.717, 1.165) is 45.4 Å². The molecule has 0 aliphatic rings. The van der Waals surface area contributed by atoms with Crippen LogP contribution < -0.4 is 0 Å². The van der Waals surface area contributed by atoms with Gasteiger partial charge in [-0.25, -0.2) is 0 Å². The van der Waals surface area contributed by atoms with Crippen molar-refractivity contribution in [2.24, 2.45) is 0 Å². The van der Waals surface area contributed by atoms with Crippen LogP contribution in [0.3, 0.4) is 0 Å². The number of alkyl halides is 12. The summed E-state index contributed by atoms with van der Waals surface area (Å²) in [5.74, 6) is 0. The van der Waals surface area contributed by atoms with Crippen LogP contribution in [-0.4, -0.2) is 41.3 Å². The van der Waals surface area contributed by atoms with Gasteiger partial charge in [-0.15, -0.1) is 6.58 Å². The molecule has 0 aliphatic heterocycles. The lowest BCUT2D eigenvalue weighted by Crippen LogP contribution is -2.61. The second-order valence-corrected chi connectivity index (χ2v) is 19.1. The van der Waals surface area contributed by atoms with E-state index in [4.69, 9.17) is 0 Å². The Kier molecular flexibility index (Phi) is 8.96. The Hall–Kier alpha value is -1.53. The Bertz CT molecular complexity index is 866. The molecule has 0 radical (unpaired) electrons. The van der Waals surface area contributed by atoms with Crippen LogP contribution in [0.2, 0.25) is 39.3 Å². The fourth-order valence-corrected chi connectivity index (χ4v) is 6.16. The molecule has 1 aromatic rings. The number of hydrogen-bond acceptors (Lipinski definition) is 2. The molecule has 0 N–H and O–H groups in total. The monoisotopic (exact) mass is 594 g/mol. The molecular weight excluding hydrogens is 568 g/mol. The summed E-state index contributed by atoms with van der Waals surface area (Å²) in [5, 5.41) is 0. The van der Waals surface area contributed by atoms with Gasteiger partial charge in [-0.3, -0.25) is 0 Å². The molecule has 1 rings (SSSR count). The van der Waals surface area contributed by atoms with Crippen molar-refractivity contribution in [3.63, 3.8) is 0 Å². The molecule has 0 unspecified atom stereocenters. The summed E-state index contributed by atoms with van der Waals surface area (Å²) in [4.78, 5) is 0. The zero-order chi connectivity index (χ0) is 29.7. The molecule has 0 aromatic heterocycles. The Morgan fingerprint density at radius 2 is 0.865 bits per heavy atom. The Morgan fingerprint density at radius 3 is 1.05 bits per heavy atom. The molecule has 37 heavy (non-hydrogen) atoms. The minimum Gasteiger partial charge on any atom is -0.394 e. The van der Waals surface area contributed by atoms with Gasteiger partial charge in [-0.2, -0.15) is 52.7 Å². The van der Waals surface area contributed by atoms with Gasteiger partial charge in [-0.1, -0.05) is 18.2 Å². The zero-order valence-corrected chi connectivity index (χ0v) is 22.6. The van der Waals surface area contributed by atoms with Gasteiger partial charge >= 0.3 is 24.7 Å². The van der Waals surface area contributed by atoms with E-state index in [2.05, 4.69) is 15.4 Å². The van der Waals surface area contributed by atoms with Gasteiger partial charge in [0.2, 0.25) is 0 Å². The highest BCUT2D eigenvalue weighted by atomic mass is 28.4. The summed E-state index contributed by atoms with van der Waals surface area (Å²) >= 11 is 0. The van der Waals surface area contributed by atoms with Crippen LogP contribution in [0.15, 0.2) is 30.9 Å². The van der Waals surface area contributed by atoms with Gasteiger partial charge in [-0.05, 0) is 57.3 Å². The summed E-state index contributed by atoms with van der Waals surface area (Å²) in [6, 6.07) is 0.0193. The zero-order valence-electron chi connectivity index (χ0n) is 20.6. The average molecular weight is 595 g/mol. The third-order valence-electron chi connectivity index (χ3n) is 4.70. The van der Waals surface area contributed by atoms with Crippen LogP contribution in [0.4, 0.5) is 52.7 Å². The topological polar surface area (TPSA) is 18.5 Å². The second kappa shape index (κ2) is 9.90. The minimum absolute atomic E-state index is 0.221. The van der Waals surface area contributed by atoms with E-state index in [1.807, 2.05) is 0 Å². The fourth-order valence-electron chi connectivity index (χ4n) is 3.63. The van der Waals surface area contributed by atoms with Crippen molar-refractivity contribution in [1.82, 2.24) is 0 Å². The van der Waals surface area contributed by atoms with Crippen LogP contribution in [0.5, 0.6) is 0 Å². The minimum atomic E-state index is -6.33. The molecule has 0 atom stereocenters. The van der Waals surface area contributed by atoms with E-state index in [1.54, 1.807) is 0 Å². The molecule has 1 aromatic carbocycles. The van der Waals surface area contributed by atoms with Crippen molar-refractivity contribution in [3.8, 4) is 0 Å². The molecule has 214 valence electrons. The second-order valence-electron chi connectivity index (χ2n) is 10.2. The highest BCUT2D eigenvalue weighted by Crippen LogP contribution is 2.58. The molecule has 0 saturated heterocycles. The lowest BCUT2D eigenvalue weighted by Gasteiger charge is -2.44. The first-order valence-corrected chi connectivity index (χ1v) is 17.3. The van der Waals surface area contributed by atoms with Gasteiger partial charge in [0, 0.05) is 11.1 Å². The first-order chi connectivity index (χ1) is 16.1. The molecule has 0 bridgehead atoms. The summed E-state index contributed by atoms with van der Waals surface area (Å²) in [6.07, 6.45) is -25.1. The maximum atomic E-state index is 14.3. The number of allylic oxidation sites excluding steroid dienone is 1. The van der Waals surface area contributed by atoms with Crippen molar-refractivity contribution < 1.29 is 61.5 Å². The van der Waals surface area contributed by atoms with Crippen LogP contribution in [0.1, 0.15) is 16.7 Å². The molecule has 0 amide bonds. The molecule has 0 spiro atoms. The first kappa shape index (κ1) is 33.5. The predicted octanol–water partition coefficient (Wildman–Crippen LogP) is 8.76. The highest BCUT2D eigenvalue weighted by molar-refractivity contribution is 6.70. The van der Waals surface area contributed by atoms with E-state index in [9.17, 15) is 52.7 Å². The average Bonchev–Trinajstić information content (AvgIpc) is 2.58. The third-order valence-corrected chi connectivity index (χ3v) is 6.54. The molecule has 16 heteroatoms. The van der Waals surface area contributed by atoms with Crippen molar-refractivity contribution in [2.45, 2.75) is 81.6 Å². The summed E-state index contributed by atoms with van der Waals surface area (Å²) in [7, 11) is -7.67. The lowest BCUT2D eigenvalue weighted by atomic mass is 9.83. The van der Waals surface area contributed by atoms with Gasteiger partial charge in [0.15, 0.2) is 16.6 Å². The third kappa shape index (κ3) is 6.73. The summed E-state index contributed by atoms with van der Waals surface area (Å²) in [5.41, 5.74) is -15.1. The molecule has 0 heterocycles. The van der Waals surface area contributed by atoms with Crippen molar-refractivity contribution >= 4 is 16.6 Å². The van der Waals surface area contributed by atoms with Crippen molar-refractivity contribution in [1.29, 1.82) is 0 Å². The molecular formula is C21H26F12O2Si2. The van der Waals surface area contributed by atoms with Crippen molar-refractivity contribution in [2.75, 3.05) is 0 Å². The van der Waals surface area contributed by atoms with Gasteiger partial charge in [0.1, 0.15) is 0 Å². The van der Waals surface area contributed by atoms with Crippen LogP contribution in [0, 0.1) is 0 Å². The number of rotatable bonds is 8. The SMILES string of the molecule is C=CCc1cc(C(O[Si](C)(C)C)(C(F)(F)F)C(F)(F)F)cc(C(O[Si](C)(C)C)(C(F)(F)F)C(F)(F)F)c1. The first-order valence-electron chi connectivity index (χ1n) is 10.5. The normalized spacial score (nSPS) is 15.2. The Balaban J connectivity index is 4.47. The highest BCUT2D eigenvalue weighted by Gasteiger charge is 2.76. The smallest absolute Gasteiger partial charge is 0.394 e. The lowest BCUT2D eigenvalue weighted by molar-refractivity contribution is -0.370. The number of halogens is 12. The maximum absolute atomic E-state index is 14.3. The van der Waals surface area contributed by atoms with Gasteiger partial charge < -0.3 is 8.85 Å². The van der Waals surface area contributed by atoms with Crippen LogP contribution >= 0.6 is 0 Å². The van der Waals surface area contributed by atoms with Crippen molar-refractivity contribution in [3.05, 3.63) is 47.5 Å². The maximum Gasteiger partial charge on any atom is 0.429 e. The Labute approximate surface area is 207 Å². The van der Waals surface area contributed by atoms with E-state index in [0.29, 0.717) is 0 Å². The quantitative estimate of drug-likeness (QED) is 0.170. The van der Waals surface area contributed by atoms with Crippen LogP contribution in [0.25, 0.3) is 0 Å². The summed E-state index contributed by atoms with van der Waals surface area (Å²) < 4.78 is 180. The largest absolute Gasteiger partial charge is 0.429 e. The van der Waals surface area contributed by atoms with E-state index in [-0.39, 0.29) is 12.1 Å². The van der Waals surface area contributed by atoms with Crippen LogP contribution in [-0.2, 0) is 26.5 Å². The van der Waals surface area contributed by atoms with E-state index >= 15 is 0 Å². The summed E-state index contributed by atoms with van der Waals surface area (Å²) in [6.45, 7) is 8.95. The van der Waals surface area contributed by atoms with Gasteiger partial charge in [0.05, 0.1) is 0 Å². The molecule has 0 aliphatic carbocycles. The van der Waals surface area contributed by atoms with Gasteiger partial charge in [0.25, 0.3) is 11.2 Å². The molecule has 0 fully saturated rings. The standard InChI is InChI=1S/C21H26F12O2Si2/c1-8-9-13-10-14(16(18(22,23)24,19(25,26)27)34-36(2,3)4)12-15(11-13)17(20(28,29)30,21(31,32)33)35-37(5,6)7/h8,10-12H,1,9H2,2-7H3.